The minimum atomic E-state index is -0.206. The Kier molecular flexibility index (Phi) is 5.48. The van der Waals surface area contributed by atoms with E-state index in [1.807, 2.05) is 31.2 Å². The lowest BCUT2D eigenvalue weighted by Crippen LogP contribution is -2.26. The summed E-state index contributed by atoms with van der Waals surface area (Å²) in [5, 5.41) is 9.77. The van der Waals surface area contributed by atoms with Gasteiger partial charge in [-0.1, -0.05) is 17.3 Å². The summed E-state index contributed by atoms with van der Waals surface area (Å²) in [5.41, 5.74) is 2.22. The molecule has 1 aromatic carbocycles. The molecule has 0 aliphatic rings. The first-order chi connectivity index (χ1) is 12.6. The van der Waals surface area contributed by atoms with Crippen LogP contribution in [0, 0.1) is 6.92 Å². The fourth-order valence-corrected chi connectivity index (χ4v) is 2.38. The number of anilines is 2. The van der Waals surface area contributed by atoms with Crippen molar-refractivity contribution in [1.82, 2.24) is 15.5 Å². The fraction of sp³-hybridized carbons (Fsp3) is 0.211. The van der Waals surface area contributed by atoms with Gasteiger partial charge in [-0.15, -0.1) is 0 Å². The summed E-state index contributed by atoms with van der Waals surface area (Å²) >= 11 is 0. The van der Waals surface area contributed by atoms with Gasteiger partial charge in [0.15, 0.2) is 5.82 Å². The molecule has 0 aliphatic heterocycles. The Balaban J connectivity index is 1.49. The molecule has 0 saturated carbocycles. The minimum absolute atomic E-state index is 0.206. The Bertz CT molecular complexity index is 857. The number of aromatic nitrogens is 2. The van der Waals surface area contributed by atoms with Gasteiger partial charge in [-0.25, -0.2) is 4.98 Å². The number of methoxy groups -OCH3 is 1. The van der Waals surface area contributed by atoms with Crippen LogP contribution in [0.25, 0.3) is 0 Å². The highest BCUT2D eigenvalue weighted by Gasteiger charge is 2.07. The van der Waals surface area contributed by atoms with Crippen LogP contribution in [0.1, 0.15) is 21.8 Å². The Labute approximate surface area is 151 Å². The van der Waals surface area contributed by atoms with Crippen LogP contribution < -0.4 is 15.4 Å². The van der Waals surface area contributed by atoms with E-state index in [2.05, 4.69) is 20.8 Å². The highest BCUT2D eigenvalue weighted by Crippen LogP contribution is 2.15. The van der Waals surface area contributed by atoms with Crippen LogP contribution in [0.15, 0.2) is 53.2 Å². The fourth-order valence-electron chi connectivity index (χ4n) is 2.38. The second-order valence-electron chi connectivity index (χ2n) is 5.73. The SMILES string of the molecule is COc1ccc(CCNC(=O)c2ccc(Nc3cc(C)on3)cn2)cc1. The maximum atomic E-state index is 12.2. The second kappa shape index (κ2) is 8.15. The first kappa shape index (κ1) is 17.5. The molecule has 0 unspecified atom stereocenters. The maximum absolute atomic E-state index is 12.2. The lowest BCUT2D eigenvalue weighted by molar-refractivity contribution is 0.0949. The molecule has 26 heavy (non-hydrogen) atoms. The molecule has 3 aromatic rings. The van der Waals surface area contributed by atoms with Crippen LogP contribution in [0.5, 0.6) is 5.75 Å². The van der Waals surface area contributed by atoms with E-state index in [9.17, 15) is 4.79 Å². The third-order valence-electron chi connectivity index (χ3n) is 3.75. The van der Waals surface area contributed by atoms with E-state index in [0.717, 1.165) is 23.4 Å². The van der Waals surface area contributed by atoms with Gasteiger partial charge in [-0.3, -0.25) is 4.79 Å². The molecule has 0 fully saturated rings. The van der Waals surface area contributed by atoms with Gasteiger partial charge in [-0.05, 0) is 43.2 Å². The van der Waals surface area contributed by atoms with E-state index in [4.69, 9.17) is 9.26 Å². The number of rotatable bonds is 7. The van der Waals surface area contributed by atoms with Crippen LogP contribution >= 0.6 is 0 Å². The number of hydrogen-bond acceptors (Lipinski definition) is 6. The zero-order valence-electron chi connectivity index (χ0n) is 14.7. The van der Waals surface area contributed by atoms with Crippen LogP contribution in [0.3, 0.4) is 0 Å². The molecule has 3 rings (SSSR count). The van der Waals surface area contributed by atoms with Crippen LogP contribution in [0.2, 0.25) is 0 Å². The molecular formula is C19H20N4O3. The molecule has 1 amide bonds. The van der Waals surface area contributed by atoms with Crippen molar-refractivity contribution in [3.8, 4) is 5.75 Å². The van der Waals surface area contributed by atoms with E-state index in [1.165, 1.54) is 0 Å². The molecule has 0 aliphatic carbocycles. The Morgan fingerprint density at radius 1 is 1.19 bits per heavy atom. The van der Waals surface area contributed by atoms with Gasteiger partial charge in [0.1, 0.15) is 17.2 Å². The molecule has 7 nitrogen and oxygen atoms in total. The van der Waals surface area contributed by atoms with Gasteiger partial charge in [0.05, 0.1) is 19.0 Å². The van der Waals surface area contributed by atoms with Crippen molar-refractivity contribution in [1.29, 1.82) is 0 Å². The van der Waals surface area contributed by atoms with Crippen LogP contribution in [-0.2, 0) is 6.42 Å². The summed E-state index contributed by atoms with van der Waals surface area (Å²) in [6.45, 7) is 2.35. The van der Waals surface area contributed by atoms with Crippen molar-refractivity contribution in [2.24, 2.45) is 0 Å². The van der Waals surface area contributed by atoms with Gasteiger partial charge in [0.25, 0.3) is 5.91 Å². The van der Waals surface area contributed by atoms with E-state index in [-0.39, 0.29) is 5.91 Å². The summed E-state index contributed by atoms with van der Waals surface area (Å²) in [6.07, 6.45) is 2.32. The number of carbonyl (C=O) groups excluding carboxylic acids is 1. The second-order valence-corrected chi connectivity index (χ2v) is 5.73. The van der Waals surface area contributed by atoms with Crippen molar-refractivity contribution < 1.29 is 14.1 Å². The normalized spacial score (nSPS) is 10.4. The van der Waals surface area contributed by atoms with Crippen molar-refractivity contribution in [3.63, 3.8) is 0 Å². The molecule has 2 heterocycles. The number of aryl methyl sites for hydroxylation is 1. The van der Waals surface area contributed by atoms with Gasteiger partial charge in [0, 0.05) is 12.6 Å². The molecule has 0 bridgehead atoms. The minimum Gasteiger partial charge on any atom is -0.497 e. The van der Waals surface area contributed by atoms with Crippen molar-refractivity contribution >= 4 is 17.4 Å². The lowest BCUT2D eigenvalue weighted by atomic mass is 10.1. The molecule has 0 saturated heterocycles. The van der Waals surface area contributed by atoms with E-state index in [0.29, 0.717) is 23.8 Å². The topological polar surface area (TPSA) is 89.3 Å². The molecule has 7 heteroatoms. The largest absolute Gasteiger partial charge is 0.497 e. The molecule has 0 radical (unpaired) electrons. The zero-order valence-corrected chi connectivity index (χ0v) is 14.7. The maximum Gasteiger partial charge on any atom is 0.269 e. The van der Waals surface area contributed by atoms with Gasteiger partial charge < -0.3 is 19.9 Å². The summed E-state index contributed by atoms with van der Waals surface area (Å²) in [6, 6.07) is 13.0. The zero-order chi connectivity index (χ0) is 18.4. The highest BCUT2D eigenvalue weighted by atomic mass is 16.5. The summed E-state index contributed by atoms with van der Waals surface area (Å²) in [4.78, 5) is 16.3. The Morgan fingerprint density at radius 2 is 2.00 bits per heavy atom. The van der Waals surface area contributed by atoms with Crippen molar-refractivity contribution in [2.45, 2.75) is 13.3 Å². The molecule has 2 aromatic heterocycles. The molecule has 0 atom stereocenters. The number of nitrogens with one attached hydrogen (secondary N) is 2. The Morgan fingerprint density at radius 3 is 2.62 bits per heavy atom. The monoisotopic (exact) mass is 352 g/mol. The third kappa shape index (κ3) is 4.60. The molecule has 2 N–H and O–H groups in total. The van der Waals surface area contributed by atoms with Gasteiger partial charge in [0.2, 0.25) is 0 Å². The average Bonchev–Trinajstić information content (AvgIpc) is 3.07. The summed E-state index contributed by atoms with van der Waals surface area (Å²) < 4.78 is 10.1. The first-order valence-corrected chi connectivity index (χ1v) is 8.21. The van der Waals surface area contributed by atoms with Crippen LogP contribution in [0.4, 0.5) is 11.5 Å². The smallest absolute Gasteiger partial charge is 0.269 e. The third-order valence-corrected chi connectivity index (χ3v) is 3.75. The van der Waals surface area contributed by atoms with E-state index >= 15 is 0 Å². The number of ether oxygens (including phenoxy) is 1. The number of amides is 1. The van der Waals surface area contributed by atoms with Gasteiger partial charge >= 0.3 is 0 Å². The summed E-state index contributed by atoms with van der Waals surface area (Å²) in [5.74, 6) is 1.92. The number of pyridine rings is 1. The van der Waals surface area contributed by atoms with Crippen molar-refractivity contribution in [2.75, 3.05) is 19.0 Å². The number of carbonyl (C=O) groups is 1. The number of hydrogen-bond donors (Lipinski definition) is 2. The van der Waals surface area contributed by atoms with Gasteiger partial charge in [-0.2, -0.15) is 0 Å². The van der Waals surface area contributed by atoms with Crippen LogP contribution in [-0.4, -0.2) is 29.7 Å². The summed E-state index contributed by atoms with van der Waals surface area (Å²) in [7, 11) is 1.63. The quantitative estimate of drug-likeness (QED) is 0.679. The Hall–Kier alpha value is -3.35. The molecular weight excluding hydrogens is 332 g/mol. The molecule has 0 spiro atoms. The van der Waals surface area contributed by atoms with Crippen molar-refractivity contribution in [3.05, 3.63) is 65.7 Å². The number of nitrogens with zero attached hydrogens (tertiary/aromatic N) is 2. The predicted octanol–water partition coefficient (Wildman–Crippen LogP) is 3.10. The standard InChI is InChI=1S/C19H20N4O3/c1-13-11-18(23-26-13)22-15-5-8-17(21-12-15)19(24)20-10-9-14-3-6-16(25-2)7-4-14/h3-8,11-12H,9-10H2,1-2H3,(H,20,24)(H,22,23). The highest BCUT2D eigenvalue weighted by molar-refractivity contribution is 5.92. The molecule has 134 valence electrons. The van der Waals surface area contributed by atoms with E-state index < -0.39 is 0 Å². The lowest BCUT2D eigenvalue weighted by Gasteiger charge is -2.07. The number of benzene rings is 1. The first-order valence-electron chi connectivity index (χ1n) is 8.21. The van der Waals surface area contributed by atoms with E-state index in [1.54, 1.807) is 31.5 Å². The predicted molar refractivity (Wildman–Crippen MR) is 97.8 cm³/mol. The average molecular weight is 352 g/mol.